The third-order valence-electron chi connectivity index (χ3n) is 6.64. The number of hydroxylamine groups is 2. The van der Waals surface area contributed by atoms with Gasteiger partial charge in [0, 0.05) is 12.2 Å². The van der Waals surface area contributed by atoms with E-state index in [0.717, 1.165) is 28.5 Å². The highest BCUT2D eigenvalue weighted by atomic mass is 32.2. The van der Waals surface area contributed by atoms with Crippen LogP contribution in [0, 0.1) is 0 Å². The predicted molar refractivity (Wildman–Crippen MR) is 139 cm³/mol. The highest BCUT2D eigenvalue weighted by Crippen LogP contribution is 2.44. The SMILES string of the molecule is CS(=O)(=O)CC[C@H](NC(=O)OCC1c2ccccc2-c2ccccc21)C(=O)ON1C(=O)c2ccccc2C1=O. The van der Waals surface area contributed by atoms with Crippen molar-refractivity contribution < 1.29 is 37.2 Å². The summed E-state index contributed by atoms with van der Waals surface area (Å²) in [5.74, 6) is -3.55. The zero-order valence-corrected chi connectivity index (χ0v) is 21.6. The van der Waals surface area contributed by atoms with Gasteiger partial charge >= 0.3 is 12.1 Å². The molecule has 0 unspecified atom stereocenters. The van der Waals surface area contributed by atoms with Gasteiger partial charge in [0.1, 0.15) is 22.5 Å². The van der Waals surface area contributed by atoms with Crippen molar-refractivity contribution >= 4 is 33.7 Å². The molecule has 39 heavy (non-hydrogen) atoms. The molecule has 0 saturated heterocycles. The number of alkyl carbamates (subject to hydrolysis) is 1. The Kier molecular flexibility index (Phi) is 6.92. The summed E-state index contributed by atoms with van der Waals surface area (Å²) in [6.45, 7) is -0.0356. The van der Waals surface area contributed by atoms with Crippen molar-refractivity contribution in [2.75, 3.05) is 18.6 Å². The Balaban J connectivity index is 1.28. The van der Waals surface area contributed by atoms with Gasteiger partial charge in [0.15, 0.2) is 0 Å². The van der Waals surface area contributed by atoms with Gasteiger partial charge in [-0.15, -0.1) is 0 Å². The molecule has 0 saturated carbocycles. The number of benzene rings is 3. The molecule has 10 nitrogen and oxygen atoms in total. The molecule has 0 fully saturated rings. The van der Waals surface area contributed by atoms with E-state index in [1.165, 1.54) is 12.1 Å². The molecule has 200 valence electrons. The van der Waals surface area contributed by atoms with Crippen molar-refractivity contribution in [3.05, 3.63) is 95.1 Å². The molecule has 1 aliphatic carbocycles. The maximum Gasteiger partial charge on any atom is 0.407 e. The minimum absolute atomic E-state index is 0.0356. The molecule has 5 rings (SSSR count). The van der Waals surface area contributed by atoms with E-state index < -0.39 is 45.5 Å². The number of imide groups is 1. The van der Waals surface area contributed by atoms with Crippen LogP contribution in [0.3, 0.4) is 0 Å². The molecule has 1 heterocycles. The van der Waals surface area contributed by atoms with Crippen molar-refractivity contribution in [2.24, 2.45) is 0 Å². The number of hydrogen-bond acceptors (Lipinski definition) is 8. The van der Waals surface area contributed by atoms with Gasteiger partial charge in [-0.25, -0.2) is 18.0 Å². The Morgan fingerprint density at radius 3 is 1.85 bits per heavy atom. The van der Waals surface area contributed by atoms with Crippen molar-refractivity contribution in [3.8, 4) is 11.1 Å². The number of ether oxygens (including phenoxy) is 1. The number of amides is 3. The molecule has 0 aromatic heterocycles. The van der Waals surface area contributed by atoms with Crippen LogP contribution in [0.4, 0.5) is 4.79 Å². The Bertz CT molecular complexity index is 1520. The molecular weight excluding hydrogens is 524 g/mol. The molecule has 0 spiro atoms. The highest BCUT2D eigenvalue weighted by Gasteiger charge is 2.40. The van der Waals surface area contributed by atoms with Crippen molar-refractivity contribution in [3.63, 3.8) is 0 Å². The molecule has 3 aromatic rings. The van der Waals surface area contributed by atoms with E-state index in [2.05, 4.69) is 5.32 Å². The average Bonchev–Trinajstić information content (AvgIpc) is 3.36. The molecule has 0 bridgehead atoms. The van der Waals surface area contributed by atoms with Crippen LogP contribution >= 0.6 is 0 Å². The first kappa shape index (κ1) is 26.1. The van der Waals surface area contributed by atoms with Crippen molar-refractivity contribution in [1.29, 1.82) is 0 Å². The van der Waals surface area contributed by atoms with Crippen molar-refractivity contribution in [2.45, 2.75) is 18.4 Å². The summed E-state index contributed by atoms with van der Waals surface area (Å²) in [7, 11) is -3.52. The van der Waals surface area contributed by atoms with Gasteiger partial charge in [-0.1, -0.05) is 65.7 Å². The molecule has 3 amide bonds. The van der Waals surface area contributed by atoms with Crippen LogP contribution < -0.4 is 5.32 Å². The monoisotopic (exact) mass is 548 g/mol. The minimum Gasteiger partial charge on any atom is -0.449 e. The zero-order valence-electron chi connectivity index (χ0n) is 20.8. The highest BCUT2D eigenvalue weighted by molar-refractivity contribution is 7.90. The number of fused-ring (bicyclic) bond motifs is 4. The molecule has 2 aliphatic rings. The van der Waals surface area contributed by atoms with Crippen LogP contribution in [0.5, 0.6) is 0 Å². The molecule has 0 radical (unpaired) electrons. The average molecular weight is 549 g/mol. The van der Waals surface area contributed by atoms with Gasteiger partial charge in [0.05, 0.1) is 16.9 Å². The van der Waals surface area contributed by atoms with Gasteiger partial charge in [-0.2, -0.15) is 0 Å². The lowest BCUT2D eigenvalue weighted by atomic mass is 9.98. The number of rotatable bonds is 8. The number of nitrogens with zero attached hydrogens (tertiary/aromatic N) is 1. The number of carbonyl (C=O) groups is 4. The smallest absolute Gasteiger partial charge is 0.407 e. The largest absolute Gasteiger partial charge is 0.449 e. The Morgan fingerprint density at radius 1 is 0.846 bits per heavy atom. The standard InChI is InChI=1S/C28H24N2O8S/c1-39(35,36)15-14-24(27(33)38-30-25(31)21-12-6-7-13-22(21)26(30)32)29-28(34)37-16-23-19-10-4-2-8-17(19)18-9-3-5-11-20(18)23/h2-13,23-24H,14-16H2,1H3,(H,29,34)/t24-/m0/s1. The lowest BCUT2D eigenvalue weighted by Gasteiger charge is -2.20. The second kappa shape index (κ2) is 10.3. The summed E-state index contributed by atoms with van der Waals surface area (Å²) < 4.78 is 29.0. The Morgan fingerprint density at radius 2 is 1.33 bits per heavy atom. The summed E-state index contributed by atoms with van der Waals surface area (Å²) >= 11 is 0. The van der Waals surface area contributed by atoms with Gasteiger partial charge in [-0.05, 0) is 40.8 Å². The second-order valence-electron chi connectivity index (χ2n) is 9.30. The number of hydrogen-bond donors (Lipinski definition) is 1. The van der Waals surface area contributed by atoms with Crippen LogP contribution in [-0.4, -0.2) is 62.0 Å². The number of sulfone groups is 1. The summed E-state index contributed by atoms with van der Waals surface area (Å²) in [6, 6.07) is 20.0. The third kappa shape index (κ3) is 5.26. The number of carbonyl (C=O) groups excluding carboxylic acids is 4. The molecule has 11 heteroatoms. The van der Waals surface area contributed by atoms with Gasteiger partial charge < -0.3 is 14.9 Å². The van der Waals surface area contributed by atoms with Crippen LogP contribution in [0.1, 0.15) is 44.2 Å². The third-order valence-corrected chi connectivity index (χ3v) is 7.61. The minimum atomic E-state index is -3.52. The summed E-state index contributed by atoms with van der Waals surface area (Å²) in [6.07, 6.45) is -0.354. The lowest BCUT2D eigenvalue weighted by Crippen LogP contribution is -2.46. The van der Waals surface area contributed by atoms with E-state index in [9.17, 15) is 27.6 Å². The first-order valence-electron chi connectivity index (χ1n) is 12.1. The van der Waals surface area contributed by atoms with Crippen LogP contribution in [0.15, 0.2) is 72.8 Å². The van der Waals surface area contributed by atoms with E-state index in [4.69, 9.17) is 9.57 Å². The summed E-state index contributed by atoms with van der Waals surface area (Å²) in [5.41, 5.74) is 4.19. The fourth-order valence-corrected chi connectivity index (χ4v) is 5.43. The molecule has 1 aliphatic heterocycles. The predicted octanol–water partition coefficient (Wildman–Crippen LogP) is 3.08. The van der Waals surface area contributed by atoms with E-state index in [0.29, 0.717) is 5.06 Å². The Labute approximate surface area is 224 Å². The Hall–Kier alpha value is -4.51. The van der Waals surface area contributed by atoms with Crippen LogP contribution in [0.2, 0.25) is 0 Å². The van der Waals surface area contributed by atoms with E-state index in [1.807, 2.05) is 48.5 Å². The normalized spacial score (nSPS) is 14.8. The zero-order chi connectivity index (χ0) is 27.7. The molecule has 1 N–H and O–H groups in total. The van der Waals surface area contributed by atoms with Crippen LogP contribution in [0.25, 0.3) is 11.1 Å². The lowest BCUT2D eigenvalue weighted by molar-refractivity contribution is -0.171. The van der Waals surface area contributed by atoms with E-state index >= 15 is 0 Å². The van der Waals surface area contributed by atoms with E-state index in [-0.39, 0.29) is 30.1 Å². The first-order chi connectivity index (χ1) is 18.6. The number of nitrogens with one attached hydrogen (secondary N) is 1. The fourth-order valence-electron chi connectivity index (χ4n) is 4.77. The topological polar surface area (TPSA) is 136 Å². The molecule has 1 atom stereocenters. The quantitative estimate of drug-likeness (QED) is 0.424. The van der Waals surface area contributed by atoms with Crippen LogP contribution in [-0.2, 0) is 24.2 Å². The molecular formula is C28H24N2O8S. The van der Waals surface area contributed by atoms with Gasteiger partial charge in [0.2, 0.25) is 0 Å². The summed E-state index contributed by atoms with van der Waals surface area (Å²) in [4.78, 5) is 55.9. The van der Waals surface area contributed by atoms with E-state index in [1.54, 1.807) is 12.1 Å². The second-order valence-corrected chi connectivity index (χ2v) is 11.6. The fraction of sp³-hybridized carbons (Fsp3) is 0.214. The van der Waals surface area contributed by atoms with Crippen molar-refractivity contribution in [1.82, 2.24) is 10.4 Å². The first-order valence-corrected chi connectivity index (χ1v) is 14.2. The molecule has 3 aromatic carbocycles. The van der Waals surface area contributed by atoms with Gasteiger partial charge in [-0.3, -0.25) is 9.59 Å². The summed E-state index contributed by atoms with van der Waals surface area (Å²) in [5, 5.41) is 2.64. The van der Waals surface area contributed by atoms with Gasteiger partial charge in [0.25, 0.3) is 11.8 Å². The maximum atomic E-state index is 12.9. The maximum absolute atomic E-state index is 12.9.